The molecular weight excluding hydrogens is 479 g/mol. The van der Waals surface area contributed by atoms with E-state index < -0.39 is 45.5 Å². The third-order valence-electron chi connectivity index (χ3n) is 4.69. The van der Waals surface area contributed by atoms with Crippen LogP contribution in [0.5, 0.6) is 11.6 Å². The fourth-order valence-corrected chi connectivity index (χ4v) is 3.95. The van der Waals surface area contributed by atoms with Gasteiger partial charge in [-0.15, -0.1) is 0 Å². The van der Waals surface area contributed by atoms with Crippen LogP contribution in [0, 0.1) is 36.0 Å². The number of halogens is 5. The molecule has 0 bridgehead atoms. The molecule has 0 aliphatic carbocycles. The number of benzene rings is 2. The molecule has 3 aromatic rings. The molecule has 1 heterocycles. The molecule has 0 aliphatic heterocycles. The molecule has 0 N–H and O–H groups in total. The SMILES string of the molecule is COc1ccc(CC(=O)Oc2c(Sc3c(F)c(F)c(F)c(F)c3F)c(C)nn2C(C)(C)C)cc1. The predicted molar refractivity (Wildman–Crippen MR) is 115 cm³/mol. The quantitative estimate of drug-likeness (QED) is 0.181. The largest absolute Gasteiger partial charge is 0.497 e. The summed E-state index contributed by atoms with van der Waals surface area (Å²) in [4.78, 5) is 11.5. The van der Waals surface area contributed by atoms with E-state index in [4.69, 9.17) is 9.47 Å². The number of aryl methyl sites for hydroxylation is 1. The Morgan fingerprint density at radius 2 is 1.47 bits per heavy atom. The lowest BCUT2D eigenvalue weighted by molar-refractivity contribution is -0.134. The van der Waals surface area contributed by atoms with E-state index in [2.05, 4.69) is 5.10 Å². The number of ether oxygens (including phenoxy) is 2. The molecule has 34 heavy (non-hydrogen) atoms. The minimum atomic E-state index is -2.26. The Kier molecular flexibility index (Phi) is 7.25. The average Bonchev–Trinajstić information content (AvgIpc) is 3.09. The first-order chi connectivity index (χ1) is 15.8. The maximum absolute atomic E-state index is 14.3. The van der Waals surface area contributed by atoms with Crippen molar-refractivity contribution in [1.82, 2.24) is 9.78 Å². The Hall–Kier alpha value is -3.08. The molecule has 5 nitrogen and oxygen atoms in total. The Bertz CT molecular complexity index is 1210. The fourth-order valence-electron chi connectivity index (χ4n) is 2.98. The zero-order valence-corrected chi connectivity index (χ0v) is 19.8. The third kappa shape index (κ3) is 5.03. The number of carbonyl (C=O) groups excluding carboxylic acids is 1. The van der Waals surface area contributed by atoms with Crippen molar-refractivity contribution in [2.24, 2.45) is 0 Å². The molecule has 3 rings (SSSR count). The van der Waals surface area contributed by atoms with Crippen LogP contribution in [-0.4, -0.2) is 22.9 Å². The Balaban J connectivity index is 2.01. The number of hydrogen-bond acceptors (Lipinski definition) is 5. The van der Waals surface area contributed by atoms with E-state index in [1.165, 1.54) is 18.7 Å². The molecule has 11 heteroatoms. The van der Waals surface area contributed by atoms with Gasteiger partial charge >= 0.3 is 5.97 Å². The van der Waals surface area contributed by atoms with Gasteiger partial charge in [-0.05, 0) is 45.4 Å². The van der Waals surface area contributed by atoms with Gasteiger partial charge in [0.1, 0.15) is 5.75 Å². The van der Waals surface area contributed by atoms with Crippen LogP contribution >= 0.6 is 11.8 Å². The molecular formula is C23H21F5N2O3S. The number of esters is 1. The lowest BCUT2D eigenvalue weighted by atomic mass is 10.1. The van der Waals surface area contributed by atoms with Crippen molar-refractivity contribution >= 4 is 17.7 Å². The van der Waals surface area contributed by atoms with Gasteiger partial charge in [0.05, 0.1) is 34.6 Å². The van der Waals surface area contributed by atoms with Crippen molar-refractivity contribution in [3.05, 3.63) is 64.6 Å². The van der Waals surface area contributed by atoms with Crippen molar-refractivity contribution in [3.8, 4) is 11.6 Å². The second kappa shape index (κ2) is 9.65. The summed E-state index contributed by atoms with van der Waals surface area (Å²) in [6, 6.07) is 6.65. The number of aromatic nitrogens is 2. The fraction of sp³-hybridized carbons (Fsp3) is 0.304. The van der Waals surface area contributed by atoms with E-state index in [1.54, 1.807) is 45.0 Å². The molecule has 0 aliphatic rings. The highest BCUT2D eigenvalue weighted by atomic mass is 32.2. The zero-order chi connectivity index (χ0) is 25.4. The van der Waals surface area contributed by atoms with Gasteiger partial charge in [-0.1, -0.05) is 23.9 Å². The van der Waals surface area contributed by atoms with Gasteiger partial charge < -0.3 is 9.47 Å². The van der Waals surface area contributed by atoms with Crippen LogP contribution in [0.2, 0.25) is 0 Å². The van der Waals surface area contributed by atoms with Crippen LogP contribution in [-0.2, 0) is 16.8 Å². The van der Waals surface area contributed by atoms with Gasteiger partial charge in [0.15, 0.2) is 23.3 Å². The number of nitrogens with zero attached hydrogens (tertiary/aromatic N) is 2. The van der Waals surface area contributed by atoms with Gasteiger partial charge in [0.2, 0.25) is 11.7 Å². The van der Waals surface area contributed by atoms with Crippen LogP contribution < -0.4 is 9.47 Å². The normalized spacial score (nSPS) is 11.6. The third-order valence-corrected chi connectivity index (χ3v) is 5.93. The molecule has 0 unspecified atom stereocenters. The summed E-state index contributed by atoms with van der Waals surface area (Å²) in [6.45, 7) is 6.70. The van der Waals surface area contributed by atoms with Crippen LogP contribution in [0.3, 0.4) is 0 Å². The van der Waals surface area contributed by atoms with Crippen LogP contribution in [0.4, 0.5) is 22.0 Å². The molecule has 0 atom stereocenters. The molecule has 182 valence electrons. The van der Waals surface area contributed by atoms with Crippen LogP contribution in [0.15, 0.2) is 34.1 Å². The highest BCUT2D eigenvalue weighted by Gasteiger charge is 2.31. The highest BCUT2D eigenvalue weighted by Crippen LogP contribution is 2.43. The van der Waals surface area contributed by atoms with E-state index in [9.17, 15) is 26.7 Å². The van der Waals surface area contributed by atoms with Crippen LogP contribution in [0.1, 0.15) is 32.0 Å². The number of methoxy groups -OCH3 is 1. The molecule has 1 aromatic heterocycles. The van der Waals surface area contributed by atoms with Gasteiger partial charge in [0.25, 0.3) is 0 Å². The monoisotopic (exact) mass is 500 g/mol. The smallest absolute Gasteiger partial charge is 0.317 e. The molecule has 0 saturated carbocycles. The van der Waals surface area contributed by atoms with E-state index >= 15 is 0 Å². The summed E-state index contributed by atoms with van der Waals surface area (Å²) in [5.74, 6) is -10.7. The van der Waals surface area contributed by atoms with Crippen molar-refractivity contribution < 1.29 is 36.2 Å². The van der Waals surface area contributed by atoms with Gasteiger partial charge in [0, 0.05) is 0 Å². The number of rotatable bonds is 6. The molecule has 0 amide bonds. The first kappa shape index (κ1) is 25.5. The van der Waals surface area contributed by atoms with Crippen molar-refractivity contribution in [2.45, 2.75) is 49.4 Å². The average molecular weight is 500 g/mol. The lowest BCUT2D eigenvalue weighted by Gasteiger charge is -2.22. The summed E-state index contributed by atoms with van der Waals surface area (Å²) in [6.07, 6.45) is -0.148. The van der Waals surface area contributed by atoms with E-state index in [-0.39, 0.29) is 34.7 Å². The first-order valence-electron chi connectivity index (χ1n) is 9.98. The minimum absolute atomic E-state index is 0.0544. The van der Waals surface area contributed by atoms with Crippen molar-refractivity contribution in [3.63, 3.8) is 0 Å². The molecule has 2 aromatic carbocycles. The van der Waals surface area contributed by atoms with E-state index in [1.807, 2.05) is 0 Å². The first-order valence-corrected chi connectivity index (χ1v) is 10.8. The standard InChI is InChI=1S/C23H21F5N2O3S/c1-11-20(34-21-18(27)16(25)15(24)17(26)19(21)28)22(30(29-11)23(2,3)4)33-14(31)10-12-6-8-13(32-5)9-7-12/h6-9H,10H2,1-5H3. The second-order valence-corrected chi connectivity index (χ2v) is 9.32. The Morgan fingerprint density at radius 3 is 1.97 bits per heavy atom. The summed E-state index contributed by atoms with van der Waals surface area (Å²) in [7, 11) is 1.50. The molecule has 0 spiro atoms. The molecule has 0 saturated heterocycles. The van der Waals surface area contributed by atoms with Crippen molar-refractivity contribution in [2.75, 3.05) is 7.11 Å². The minimum Gasteiger partial charge on any atom is -0.497 e. The Labute approximate surface area is 196 Å². The number of hydrogen-bond donors (Lipinski definition) is 0. The van der Waals surface area contributed by atoms with Gasteiger partial charge in [-0.25, -0.2) is 26.6 Å². The predicted octanol–water partition coefficient (Wildman–Crippen LogP) is 5.95. The molecule has 0 radical (unpaired) electrons. The molecule has 0 fully saturated rings. The Morgan fingerprint density at radius 1 is 0.941 bits per heavy atom. The summed E-state index contributed by atoms with van der Waals surface area (Å²) >= 11 is 0.248. The number of carbonyl (C=O) groups is 1. The van der Waals surface area contributed by atoms with Gasteiger partial charge in [-0.3, -0.25) is 4.79 Å². The summed E-state index contributed by atoms with van der Waals surface area (Å²) < 4.78 is 81.4. The topological polar surface area (TPSA) is 53.4 Å². The highest BCUT2D eigenvalue weighted by molar-refractivity contribution is 7.99. The van der Waals surface area contributed by atoms with E-state index in [0.29, 0.717) is 11.3 Å². The van der Waals surface area contributed by atoms with E-state index in [0.717, 1.165) is 0 Å². The summed E-state index contributed by atoms with van der Waals surface area (Å²) in [5, 5.41) is 4.28. The maximum Gasteiger partial charge on any atom is 0.317 e. The van der Waals surface area contributed by atoms with Gasteiger partial charge in [-0.2, -0.15) is 5.10 Å². The van der Waals surface area contributed by atoms with Crippen LogP contribution in [0.25, 0.3) is 0 Å². The summed E-state index contributed by atoms with van der Waals surface area (Å²) in [5.41, 5.74) is 0.0461. The lowest BCUT2D eigenvalue weighted by Crippen LogP contribution is -2.26. The zero-order valence-electron chi connectivity index (χ0n) is 18.9. The second-order valence-electron chi connectivity index (χ2n) is 8.30. The maximum atomic E-state index is 14.3. The van der Waals surface area contributed by atoms with Crippen molar-refractivity contribution in [1.29, 1.82) is 0 Å².